The number of para-hydroxylation sites is 1. The molecule has 0 spiro atoms. The highest BCUT2D eigenvalue weighted by Crippen LogP contribution is 2.31. The first-order valence-corrected chi connectivity index (χ1v) is 6.85. The van der Waals surface area contributed by atoms with Crippen LogP contribution in [0.15, 0.2) is 48.7 Å². The summed E-state index contributed by atoms with van der Waals surface area (Å²) >= 11 is 0. The first kappa shape index (κ1) is 12.8. The van der Waals surface area contributed by atoms with Crippen molar-refractivity contribution in [1.82, 2.24) is 4.98 Å². The van der Waals surface area contributed by atoms with E-state index in [2.05, 4.69) is 4.98 Å². The average molecular weight is 267 g/mol. The van der Waals surface area contributed by atoms with E-state index in [0.29, 0.717) is 12.2 Å². The van der Waals surface area contributed by atoms with E-state index in [-0.39, 0.29) is 11.9 Å². The molecule has 0 aliphatic carbocycles. The molecule has 1 atom stereocenters. The number of nitrogens with two attached hydrogens (primary N) is 1. The fourth-order valence-electron chi connectivity index (χ4n) is 2.63. The summed E-state index contributed by atoms with van der Waals surface area (Å²) in [4.78, 5) is 18.6. The number of carbonyl (C=O) groups is 1. The smallest absolute Gasteiger partial charge is 0.276 e. The summed E-state index contributed by atoms with van der Waals surface area (Å²) in [6.45, 7) is 0.681. The zero-order valence-corrected chi connectivity index (χ0v) is 11.2. The Labute approximate surface area is 118 Å². The fraction of sp³-hybridized carbons (Fsp3) is 0.250. The van der Waals surface area contributed by atoms with E-state index in [0.717, 1.165) is 24.1 Å². The van der Waals surface area contributed by atoms with Crippen molar-refractivity contribution >= 4 is 11.6 Å². The number of aromatic nitrogens is 1. The van der Waals surface area contributed by atoms with E-state index in [1.54, 1.807) is 17.2 Å². The summed E-state index contributed by atoms with van der Waals surface area (Å²) in [5, 5.41) is 0. The third-order valence-electron chi connectivity index (χ3n) is 3.65. The van der Waals surface area contributed by atoms with Gasteiger partial charge in [0.15, 0.2) is 0 Å². The second-order valence-corrected chi connectivity index (χ2v) is 4.98. The van der Waals surface area contributed by atoms with Gasteiger partial charge in [0.2, 0.25) is 0 Å². The van der Waals surface area contributed by atoms with Crippen LogP contribution in [-0.2, 0) is 0 Å². The highest BCUT2D eigenvalue weighted by molar-refractivity contribution is 6.05. The van der Waals surface area contributed by atoms with Crippen molar-refractivity contribution in [3.63, 3.8) is 0 Å². The Morgan fingerprint density at radius 1 is 1.20 bits per heavy atom. The highest BCUT2D eigenvalue weighted by atomic mass is 16.2. The molecule has 0 saturated carbocycles. The summed E-state index contributed by atoms with van der Waals surface area (Å²) in [5.41, 5.74) is 8.61. The summed E-state index contributed by atoms with van der Waals surface area (Å²) in [6, 6.07) is 13.2. The van der Waals surface area contributed by atoms with Crippen molar-refractivity contribution < 1.29 is 4.79 Å². The largest absolute Gasteiger partial charge is 0.324 e. The SMILES string of the molecule is NC1CCCN(C(=O)c2ccccn2)c2ccccc21. The van der Waals surface area contributed by atoms with E-state index in [4.69, 9.17) is 5.73 Å². The lowest BCUT2D eigenvalue weighted by Crippen LogP contribution is -2.32. The number of hydrogen-bond acceptors (Lipinski definition) is 3. The molecule has 1 amide bonds. The van der Waals surface area contributed by atoms with Crippen LogP contribution in [0, 0.1) is 0 Å². The number of rotatable bonds is 1. The van der Waals surface area contributed by atoms with Crippen molar-refractivity contribution in [2.75, 3.05) is 11.4 Å². The quantitative estimate of drug-likeness (QED) is 0.863. The molecule has 20 heavy (non-hydrogen) atoms. The van der Waals surface area contributed by atoms with E-state index < -0.39 is 0 Å². The van der Waals surface area contributed by atoms with Crippen LogP contribution < -0.4 is 10.6 Å². The molecule has 3 rings (SSSR count). The van der Waals surface area contributed by atoms with Gasteiger partial charge in [-0.1, -0.05) is 24.3 Å². The van der Waals surface area contributed by atoms with Gasteiger partial charge in [0.25, 0.3) is 5.91 Å². The lowest BCUT2D eigenvalue weighted by molar-refractivity contribution is 0.0982. The van der Waals surface area contributed by atoms with Crippen LogP contribution in [0.4, 0.5) is 5.69 Å². The molecule has 4 nitrogen and oxygen atoms in total. The van der Waals surface area contributed by atoms with E-state index >= 15 is 0 Å². The monoisotopic (exact) mass is 267 g/mol. The summed E-state index contributed by atoms with van der Waals surface area (Å²) < 4.78 is 0. The van der Waals surface area contributed by atoms with Crippen LogP contribution >= 0.6 is 0 Å². The molecular formula is C16H17N3O. The zero-order valence-electron chi connectivity index (χ0n) is 11.2. The minimum absolute atomic E-state index is 0.00673. The summed E-state index contributed by atoms with van der Waals surface area (Å²) in [7, 11) is 0. The van der Waals surface area contributed by atoms with Crippen molar-refractivity contribution in [3.05, 3.63) is 59.9 Å². The molecule has 2 N–H and O–H groups in total. The molecule has 1 aliphatic rings. The van der Waals surface area contributed by atoms with Gasteiger partial charge in [-0.05, 0) is 36.6 Å². The van der Waals surface area contributed by atoms with Gasteiger partial charge in [-0.15, -0.1) is 0 Å². The molecule has 1 aromatic heterocycles. The molecule has 0 saturated heterocycles. The summed E-state index contributed by atoms with van der Waals surface area (Å²) in [6.07, 6.45) is 3.43. The maximum atomic E-state index is 12.6. The van der Waals surface area contributed by atoms with Gasteiger partial charge in [-0.3, -0.25) is 9.78 Å². The average Bonchev–Trinajstić information content (AvgIpc) is 2.67. The third-order valence-corrected chi connectivity index (χ3v) is 3.65. The Bertz CT molecular complexity index is 612. The second-order valence-electron chi connectivity index (χ2n) is 4.98. The molecule has 2 aromatic rings. The van der Waals surface area contributed by atoms with Crippen LogP contribution in [0.5, 0.6) is 0 Å². The molecule has 4 heteroatoms. The van der Waals surface area contributed by atoms with Crippen molar-refractivity contribution in [3.8, 4) is 0 Å². The van der Waals surface area contributed by atoms with Gasteiger partial charge < -0.3 is 10.6 Å². The lowest BCUT2D eigenvalue weighted by Gasteiger charge is -2.23. The van der Waals surface area contributed by atoms with Crippen molar-refractivity contribution in [2.45, 2.75) is 18.9 Å². The van der Waals surface area contributed by atoms with Crippen LogP contribution in [0.1, 0.15) is 34.9 Å². The topological polar surface area (TPSA) is 59.2 Å². The minimum Gasteiger partial charge on any atom is -0.324 e. The minimum atomic E-state index is -0.0628. The molecule has 0 fully saturated rings. The third kappa shape index (κ3) is 2.30. The fourth-order valence-corrected chi connectivity index (χ4v) is 2.63. The lowest BCUT2D eigenvalue weighted by atomic mass is 10.0. The maximum absolute atomic E-state index is 12.6. The van der Waals surface area contributed by atoms with Gasteiger partial charge in [0.05, 0.1) is 0 Å². The van der Waals surface area contributed by atoms with E-state index in [1.165, 1.54) is 0 Å². The normalized spacial score (nSPS) is 18.2. The molecule has 0 radical (unpaired) electrons. The van der Waals surface area contributed by atoms with Crippen LogP contribution in [0.3, 0.4) is 0 Å². The Morgan fingerprint density at radius 2 is 2.00 bits per heavy atom. The molecule has 1 unspecified atom stereocenters. The molecule has 2 heterocycles. The van der Waals surface area contributed by atoms with Crippen LogP contribution in [0.2, 0.25) is 0 Å². The van der Waals surface area contributed by atoms with Crippen LogP contribution in [0.25, 0.3) is 0 Å². The van der Waals surface area contributed by atoms with Gasteiger partial charge in [0.1, 0.15) is 5.69 Å². The predicted octanol–water partition coefficient (Wildman–Crippen LogP) is 2.52. The Hall–Kier alpha value is -2.20. The number of anilines is 1. The Kier molecular flexibility index (Phi) is 3.48. The zero-order chi connectivity index (χ0) is 13.9. The van der Waals surface area contributed by atoms with E-state index in [9.17, 15) is 4.79 Å². The molecule has 1 aromatic carbocycles. The first-order chi connectivity index (χ1) is 9.77. The Balaban J connectivity index is 2.01. The second kappa shape index (κ2) is 5.43. The summed E-state index contributed by atoms with van der Waals surface area (Å²) in [5.74, 6) is -0.0628. The number of fused-ring (bicyclic) bond motifs is 1. The highest BCUT2D eigenvalue weighted by Gasteiger charge is 2.25. The molecule has 0 bridgehead atoms. The Morgan fingerprint density at radius 3 is 2.80 bits per heavy atom. The van der Waals surface area contributed by atoms with Crippen molar-refractivity contribution in [2.24, 2.45) is 5.73 Å². The standard InChI is InChI=1S/C16H17N3O/c17-13-7-5-11-19(15-9-2-1-6-12(13)15)16(20)14-8-3-4-10-18-14/h1-4,6,8-10,13H,5,7,11,17H2. The van der Waals surface area contributed by atoms with E-state index in [1.807, 2.05) is 36.4 Å². The van der Waals surface area contributed by atoms with Gasteiger partial charge >= 0.3 is 0 Å². The molecular weight excluding hydrogens is 250 g/mol. The van der Waals surface area contributed by atoms with Crippen molar-refractivity contribution in [1.29, 1.82) is 0 Å². The maximum Gasteiger partial charge on any atom is 0.276 e. The number of nitrogens with zero attached hydrogens (tertiary/aromatic N) is 2. The molecule has 1 aliphatic heterocycles. The number of carbonyl (C=O) groups excluding carboxylic acids is 1. The number of benzene rings is 1. The van der Waals surface area contributed by atoms with Crippen LogP contribution in [-0.4, -0.2) is 17.4 Å². The van der Waals surface area contributed by atoms with Gasteiger partial charge in [0, 0.05) is 24.5 Å². The van der Waals surface area contributed by atoms with Gasteiger partial charge in [-0.25, -0.2) is 0 Å². The number of hydrogen-bond donors (Lipinski definition) is 1. The molecule has 102 valence electrons. The predicted molar refractivity (Wildman–Crippen MR) is 78.5 cm³/mol. The number of amides is 1. The van der Waals surface area contributed by atoms with Gasteiger partial charge in [-0.2, -0.15) is 0 Å². The number of pyridine rings is 1. The first-order valence-electron chi connectivity index (χ1n) is 6.85.